The first kappa shape index (κ1) is 16.0. The minimum absolute atomic E-state index is 0.0975. The Morgan fingerprint density at radius 2 is 1.12 bits per heavy atom. The summed E-state index contributed by atoms with van der Waals surface area (Å²) in [5.74, 6) is -0.988. The molecular weight excluding hydrogens is 296 g/mol. The van der Waals surface area contributed by atoms with Crippen molar-refractivity contribution in [2.24, 2.45) is 0 Å². The zero-order chi connectivity index (χ0) is 17.1. The second-order valence-electron chi connectivity index (χ2n) is 6.04. The van der Waals surface area contributed by atoms with E-state index in [2.05, 4.69) is 38.1 Å². The standard InChI is InChI=1S/C22H20O2/c1-15-9-3-5-11-17(15)21(18-12-6-4-10-16(18)2)19-13-7-8-14-20(19)22(23)24/h3-14,21H,1-2H3,(H,23,24). The van der Waals surface area contributed by atoms with Gasteiger partial charge in [0.15, 0.2) is 0 Å². The van der Waals surface area contributed by atoms with Crippen molar-refractivity contribution in [2.75, 3.05) is 0 Å². The van der Waals surface area contributed by atoms with Crippen molar-refractivity contribution in [3.63, 3.8) is 0 Å². The molecule has 2 nitrogen and oxygen atoms in total. The molecule has 0 amide bonds. The Labute approximate surface area is 142 Å². The Bertz CT molecular complexity index is 835. The number of aryl methyl sites for hydroxylation is 2. The van der Waals surface area contributed by atoms with Crippen molar-refractivity contribution in [2.45, 2.75) is 19.8 Å². The minimum atomic E-state index is -0.891. The molecule has 3 aromatic rings. The Kier molecular flexibility index (Phi) is 4.48. The van der Waals surface area contributed by atoms with Crippen molar-refractivity contribution in [1.82, 2.24) is 0 Å². The molecule has 1 N–H and O–H groups in total. The van der Waals surface area contributed by atoms with E-state index in [1.807, 2.05) is 36.4 Å². The molecule has 0 bridgehead atoms. The molecule has 0 saturated heterocycles. The molecular formula is C22H20O2. The van der Waals surface area contributed by atoms with Gasteiger partial charge in [-0.05, 0) is 47.7 Å². The molecule has 0 aromatic heterocycles. The van der Waals surface area contributed by atoms with E-state index in [0.29, 0.717) is 5.56 Å². The monoisotopic (exact) mass is 316 g/mol. The summed E-state index contributed by atoms with van der Waals surface area (Å²) in [5, 5.41) is 9.65. The zero-order valence-corrected chi connectivity index (χ0v) is 13.9. The van der Waals surface area contributed by atoms with E-state index in [4.69, 9.17) is 0 Å². The molecule has 0 aliphatic rings. The lowest BCUT2D eigenvalue weighted by Gasteiger charge is -2.24. The van der Waals surface area contributed by atoms with E-state index < -0.39 is 5.97 Å². The van der Waals surface area contributed by atoms with E-state index >= 15 is 0 Å². The summed E-state index contributed by atoms with van der Waals surface area (Å²) in [6, 6.07) is 23.7. The van der Waals surface area contributed by atoms with Crippen molar-refractivity contribution in [3.05, 3.63) is 106 Å². The molecule has 0 saturated carbocycles. The first-order chi connectivity index (χ1) is 11.6. The van der Waals surface area contributed by atoms with Gasteiger partial charge >= 0.3 is 5.97 Å². The first-order valence-corrected chi connectivity index (χ1v) is 8.03. The third-order valence-electron chi connectivity index (χ3n) is 4.50. The van der Waals surface area contributed by atoms with Crippen LogP contribution in [0.2, 0.25) is 0 Å². The average molecular weight is 316 g/mol. The topological polar surface area (TPSA) is 37.3 Å². The summed E-state index contributed by atoms with van der Waals surface area (Å²) >= 11 is 0. The predicted molar refractivity (Wildman–Crippen MR) is 96.7 cm³/mol. The molecule has 0 fully saturated rings. The molecule has 24 heavy (non-hydrogen) atoms. The van der Waals surface area contributed by atoms with Crippen molar-refractivity contribution in [3.8, 4) is 0 Å². The fraction of sp³-hybridized carbons (Fsp3) is 0.136. The molecule has 0 atom stereocenters. The van der Waals surface area contributed by atoms with Crippen LogP contribution in [0.15, 0.2) is 72.8 Å². The molecule has 2 heteroatoms. The van der Waals surface area contributed by atoms with Crippen LogP contribution in [0.3, 0.4) is 0 Å². The first-order valence-electron chi connectivity index (χ1n) is 8.03. The van der Waals surface area contributed by atoms with Crippen LogP contribution in [0.25, 0.3) is 0 Å². The number of aromatic carboxylic acids is 1. The maximum Gasteiger partial charge on any atom is 0.335 e. The van der Waals surface area contributed by atoms with Crippen LogP contribution in [0.5, 0.6) is 0 Å². The third kappa shape index (κ3) is 2.95. The van der Waals surface area contributed by atoms with E-state index in [-0.39, 0.29) is 5.92 Å². The number of carboxylic acids is 1. The third-order valence-corrected chi connectivity index (χ3v) is 4.50. The lowest BCUT2D eigenvalue weighted by Crippen LogP contribution is -2.12. The van der Waals surface area contributed by atoms with Gasteiger partial charge in [-0.1, -0.05) is 66.7 Å². The summed E-state index contributed by atoms with van der Waals surface area (Å²) in [7, 11) is 0. The molecule has 3 rings (SSSR count). The summed E-state index contributed by atoms with van der Waals surface area (Å²) < 4.78 is 0. The van der Waals surface area contributed by atoms with Gasteiger partial charge in [0, 0.05) is 5.92 Å². The minimum Gasteiger partial charge on any atom is -0.478 e. The van der Waals surface area contributed by atoms with Crippen LogP contribution >= 0.6 is 0 Å². The highest BCUT2D eigenvalue weighted by atomic mass is 16.4. The van der Waals surface area contributed by atoms with Crippen molar-refractivity contribution in [1.29, 1.82) is 0 Å². The van der Waals surface area contributed by atoms with Crippen LogP contribution in [0.1, 0.15) is 44.1 Å². The van der Waals surface area contributed by atoms with Crippen molar-refractivity contribution >= 4 is 5.97 Å². The Morgan fingerprint density at radius 3 is 1.58 bits per heavy atom. The molecule has 0 unspecified atom stereocenters. The van der Waals surface area contributed by atoms with E-state index in [1.54, 1.807) is 12.1 Å². The molecule has 0 spiro atoms. The Morgan fingerprint density at radius 1 is 0.708 bits per heavy atom. The summed E-state index contributed by atoms with van der Waals surface area (Å²) in [4.78, 5) is 11.8. The quantitative estimate of drug-likeness (QED) is 0.673. The number of hydrogen-bond donors (Lipinski definition) is 1. The second-order valence-corrected chi connectivity index (χ2v) is 6.04. The Balaban J connectivity index is 2.31. The van der Waals surface area contributed by atoms with Crippen LogP contribution in [-0.4, -0.2) is 11.1 Å². The number of hydrogen-bond acceptors (Lipinski definition) is 1. The van der Waals surface area contributed by atoms with Crippen molar-refractivity contribution < 1.29 is 9.90 Å². The lowest BCUT2D eigenvalue weighted by atomic mass is 9.79. The van der Waals surface area contributed by atoms with Crippen LogP contribution < -0.4 is 0 Å². The molecule has 0 aliphatic heterocycles. The van der Waals surface area contributed by atoms with E-state index in [0.717, 1.165) is 27.8 Å². The number of benzene rings is 3. The van der Waals surface area contributed by atoms with Gasteiger partial charge in [-0.3, -0.25) is 0 Å². The molecule has 0 heterocycles. The SMILES string of the molecule is Cc1ccccc1C(c1ccccc1C)c1ccccc1C(=O)O. The van der Waals surface area contributed by atoms with Gasteiger partial charge in [-0.2, -0.15) is 0 Å². The number of carbonyl (C=O) groups is 1. The van der Waals surface area contributed by atoms with Gasteiger partial charge in [0.05, 0.1) is 5.56 Å². The fourth-order valence-electron chi connectivity index (χ4n) is 3.27. The van der Waals surface area contributed by atoms with Gasteiger partial charge in [0.1, 0.15) is 0 Å². The highest BCUT2D eigenvalue weighted by Crippen LogP contribution is 2.37. The maximum absolute atomic E-state index is 11.8. The highest BCUT2D eigenvalue weighted by molar-refractivity contribution is 5.90. The van der Waals surface area contributed by atoms with Crippen LogP contribution in [-0.2, 0) is 0 Å². The summed E-state index contributed by atoms with van der Waals surface area (Å²) in [6.45, 7) is 4.15. The summed E-state index contributed by atoms with van der Waals surface area (Å²) in [5.41, 5.74) is 5.78. The molecule has 120 valence electrons. The van der Waals surface area contributed by atoms with Gasteiger partial charge in [-0.25, -0.2) is 4.79 Å². The maximum atomic E-state index is 11.8. The second kappa shape index (κ2) is 6.71. The molecule has 0 aliphatic carbocycles. The van der Waals surface area contributed by atoms with Gasteiger partial charge in [0.25, 0.3) is 0 Å². The smallest absolute Gasteiger partial charge is 0.335 e. The Hall–Kier alpha value is -2.87. The lowest BCUT2D eigenvalue weighted by molar-refractivity contribution is 0.0695. The van der Waals surface area contributed by atoms with E-state index in [9.17, 15) is 9.90 Å². The zero-order valence-electron chi connectivity index (χ0n) is 13.9. The van der Waals surface area contributed by atoms with Crippen LogP contribution in [0, 0.1) is 13.8 Å². The van der Waals surface area contributed by atoms with Gasteiger partial charge in [-0.15, -0.1) is 0 Å². The molecule has 0 radical (unpaired) electrons. The largest absolute Gasteiger partial charge is 0.478 e. The number of rotatable bonds is 4. The van der Waals surface area contributed by atoms with E-state index in [1.165, 1.54) is 0 Å². The molecule has 3 aromatic carbocycles. The fourth-order valence-corrected chi connectivity index (χ4v) is 3.27. The predicted octanol–water partition coefficient (Wildman–Crippen LogP) is 5.18. The van der Waals surface area contributed by atoms with Gasteiger partial charge in [0.2, 0.25) is 0 Å². The van der Waals surface area contributed by atoms with Gasteiger partial charge < -0.3 is 5.11 Å². The average Bonchev–Trinajstić information content (AvgIpc) is 2.59. The number of carboxylic acid groups (broad SMARTS) is 1. The summed E-state index contributed by atoms with van der Waals surface area (Å²) in [6.07, 6.45) is 0. The van der Waals surface area contributed by atoms with Crippen LogP contribution in [0.4, 0.5) is 0 Å². The highest BCUT2D eigenvalue weighted by Gasteiger charge is 2.24. The normalized spacial score (nSPS) is 10.8.